The quantitative estimate of drug-likeness (QED) is 0.899. The van der Waals surface area contributed by atoms with Crippen molar-refractivity contribution in [2.24, 2.45) is 0 Å². The molecule has 0 aliphatic heterocycles. The van der Waals surface area contributed by atoms with Gasteiger partial charge in [-0.1, -0.05) is 6.07 Å². The Morgan fingerprint density at radius 2 is 1.90 bits per heavy atom. The highest BCUT2D eigenvalue weighted by molar-refractivity contribution is 6.03. The molecule has 0 saturated heterocycles. The molecule has 1 heterocycles. The molecule has 1 aromatic heterocycles. The monoisotopic (exact) mass is 274 g/mol. The maximum absolute atomic E-state index is 12.1. The zero-order chi connectivity index (χ0) is 14.9. The Labute approximate surface area is 117 Å². The Kier molecular flexibility index (Phi) is 3.79. The lowest BCUT2D eigenvalue weighted by molar-refractivity contribution is -0.124. The van der Waals surface area contributed by atoms with E-state index in [4.69, 9.17) is 0 Å². The summed E-state index contributed by atoms with van der Waals surface area (Å²) >= 11 is 0. The van der Waals surface area contributed by atoms with E-state index in [1.165, 1.54) is 0 Å². The SMILES string of the molecule is CC(C)NC(=O)C(C)n1ccc2c(C(=O)O)cccc21. The minimum atomic E-state index is -0.965. The van der Waals surface area contributed by atoms with Crippen molar-refractivity contribution in [1.82, 2.24) is 9.88 Å². The van der Waals surface area contributed by atoms with Gasteiger partial charge in [-0.05, 0) is 39.0 Å². The summed E-state index contributed by atoms with van der Waals surface area (Å²) in [5.41, 5.74) is 0.994. The van der Waals surface area contributed by atoms with E-state index in [1.54, 1.807) is 35.9 Å². The molecule has 0 aliphatic rings. The number of carbonyl (C=O) groups is 2. The van der Waals surface area contributed by atoms with Crippen molar-refractivity contribution in [2.45, 2.75) is 32.9 Å². The molecule has 0 aliphatic carbocycles. The first-order chi connectivity index (χ1) is 9.41. The molecular weight excluding hydrogens is 256 g/mol. The van der Waals surface area contributed by atoms with E-state index in [1.807, 2.05) is 19.9 Å². The van der Waals surface area contributed by atoms with Gasteiger partial charge in [0.05, 0.1) is 5.56 Å². The van der Waals surface area contributed by atoms with E-state index >= 15 is 0 Å². The van der Waals surface area contributed by atoms with Crippen LogP contribution in [0.4, 0.5) is 0 Å². The number of amides is 1. The average molecular weight is 274 g/mol. The third-order valence-corrected chi connectivity index (χ3v) is 3.22. The van der Waals surface area contributed by atoms with Gasteiger partial charge in [-0.2, -0.15) is 0 Å². The Morgan fingerprint density at radius 1 is 1.20 bits per heavy atom. The van der Waals surface area contributed by atoms with Crippen molar-refractivity contribution < 1.29 is 14.7 Å². The lowest BCUT2D eigenvalue weighted by Crippen LogP contribution is -2.35. The van der Waals surface area contributed by atoms with Gasteiger partial charge < -0.3 is 15.0 Å². The van der Waals surface area contributed by atoms with Crippen molar-refractivity contribution in [2.75, 3.05) is 0 Å². The molecule has 5 heteroatoms. The largest absolute Gasteiger partial charge is 0.478 e. The molecule has 1 amide bonds. The van der Waals surface area contributed by atoms with Crippen molar-refractivity contribution >= 4 is 22.8 Å². The lowest BCUT2D eigenvalue weighted by atomic mass is 10.1. The number of hydrogen-bond acceptors (Lipinski definition) is 2. The van der Waals surface area contributed by atoms with Crippen LogP contribution in [0.1, 0.15) is 37.2 Å². The predicted octanol–water partition coefficient (Wildman–Crippen LogP) is 2.43. The third kappa shape index (κ3) is 2.52. The van der Waals surface area contributed by atoms with Crippen LogP contribution < -0.4 is 5.32 Å². The molecule has 2 rings (SSSR count). The first-order valence-electron chi connectivity index (χ1n) is 6.55. The first kappa shape index (κ1) is 14.1. The molecular formula is C15H18N2O3. The number of fused-ring (bicyclic) bond motifs is 1. The first-order valence-corrected chi connectivity index (χ1v) is 6.55. The number of benzene rings is 1. The Hall–Kier alpha value is -2.30. The second-order valence-electron chi connectivity index (χ2n) is 5.11. The van der Waals surface area contributed by atoms with E-state index in [0.29, 0.717) is 5.39 Å². The number of carboxylic acid groups (broad SMARTS) is 1. The number of nitrogens with zero attached hydrogens (tertiary/aromatic N) is 1. The highest BCUT2D eigenvalue weighted by Crippen LogP contribution is 2.23. The van der Waals surface area contributed by atoms with Crippen LogP contribution >= 0.6 is 0 Å². The smallest absolute Gasteiger partial charge is 0.336 e. The van der Waals surface area contributed by atoms with Crippen LogP contribution in [0.5, 0.6) is 0 Å². The highest BCUT2D eigenvalue weighted by atomic mass is 16.4. The van der Waals surface area contributed by atoms with Crippen molar-refractivity contribution in [1.29, 1.82) is 0 Å². The Balaban J connectivity index is 2.44. The van der Waals surface area contributed by atoms with Gasteiger partial charge in [0.15, 0.2) is 0 Å². The van der Waals surface area contributed by atoms with Crippen LogP contribution in [0.25, 0.3) is 10.9 Å². The number of carbonyl (C=O) groups excluding carboxylic acids is 1. The van der Waals surface area contributed by atoms with Crippen molar-refractivity contribution in [3.8, 4) is 0 Å². The molecule has 0 spiro atoms. The van der Waals surface area contributed by atoms with Crippen LogP contribution in [-0.4, -0.2) is 27.6 Å². The zero-order valence-corrected chi connectivity index (χ0v) is 11.8. The summed E-state index contributed by atoms with van der Waals surface area (Å²) < 4.78 is 1.79. The van der Waals surface area contributed by atoms with E-state index in [0.717, 1.165) is 5.52 Å². The average Bonchev–Trinajstić information content (AvgIpc) is 2.80. The molecule has 0 bridgehead atoms. The topological polar surface area (TPSA) is 71.3 Å². The van der Waals surface area contributed by atoms with E-state index in [-0.39, 0.29) is 23.6 Å². The van der Waals surface area contributed by atoms with Gasteiger partial charge in [-0.15, -0.1) is 0 Å². The molecule has 20 heavy (non-hydrogen) atoms. The van der Waals surface area contributed by atoms with Gasteiger partial charge in [0.1, 0.15) is 6.04 Å². The fraction of sp³-hybridized carbons (Fsp3) is 0.333. The second kappa shape index (κ2) is 5.36. The van der Waals surface area contributed by atoms with Gasteiger partial charge in [-0.25, -0.2) is 4.79 Å². The lowest BCUT2D eigenvalue weighted by Gasteiger charge is -2.17. The van der Waals surface area contributed by atoms with Crippen molar-refractivity contribution in [3.05, 3.63) is 36.0 Å². The van der Waals surface area contributed by atoms with Gasteiger partial charge >= 0.3 is 5.97 Å². The molecule has 2 aromatic rings. The summed E-state index contributed by atoms with van der Waals surface area (Å²) in [6, 6.07) is 6.49. The number of aromatic carboxylic acids is 1. The maximum atomic E-state index is 12.1. The predicted molar refractivity (Wildman–Crippen MR) is 76.9 cm³/mol. The molecule has 1 atom stereocenters. The Bertz CT molecular complexity index is 658. The molecule has 2 N–H and O–H groups in total. The van der Waals surface area contributed by atoms with Crippen molar-refractivity contribution in [3.63, 3.8) is 0 Å². The van der Waals surface area contributed by atoms with Gasteiger partial charge in [0, 0.05) is 23.1 Å². The van der Waals surface area contributed by atoms with E-state index in [2.05, 4.69) is 5.32 Å². The summed E-state index contributed by atoms with van der Waals surface area (Å²) in [7, 11) is 0. The van der Waals surface area contributed by atoms with Crippen LogP contribution in [0, 0.1) is 0 Å². The maximum Gasteiger partial charge on any atom is 0.336 e. The molecule has 0 radical (unpaired) electrons. The number of carboxylic acids is 1. The molecule has 1 aromatic carbocycles. The number of aromatic nitrogens is 1. The zero-order valence-electron chi connectivity index (χ0n) is 11.8. The summed E-state index contributed by atoms with van der Waals surface area (Å²) in [4.78, 5) is 23.3. The van der Waals surface area contributed by atoms with Crippen LogP contribution in [0.2, 0.25) is 0 Å². The molecule has 5 nitrogen and oxygen atoms in total. The van der Waals surface area contributed by atoms with Crippen LogP contribution in [-0.2, 0) is 4.79 Å². The third-order valence-electron chi connectivity index (χ3n) is 3.22. The normalized spacial score (nSPS) is 12.6. The highest BCUT2D eigenvalue weighted by Gasteiger charge is 2.18. The summed E-state index contributed by atoms with van der Waals surface area (Å²) in [6.07, 6.45) is 1.75. The van der Waals surface area contributed by atoms with E-state index < -0.39 is 5.97 Å². The van der Waals surface area contributed by atoms with Gasteiger partial charge in [0.2, 0.25) is 5.91 Å². The molecule has 1 unspecified atom stereocenters. The fourth-order valence-corrected chi connectivity index (χ4v) is 2.24. The summed E-state index contributed by atoms with van der Waals surface area (Å²) in [5.74, 6) is -1.05. The molecule has 106 valence electrons. The fourth-order valence-electron chi connectivity index (χ4n) is 2.24. The molecule has 0 fully saturated rings. The number of hydrogen-bond donors (Lipinski definition) is 2. The second-order valence-corrected chi connectivity index (χ2v) is 5.11. The minimum Gasteiger partial charge on any atom is -0.478 e. The number of rotatable bonds is 4. The van der Waals surface area contributed by atoms with E-state index in [9.17, 15) is 14.7 Å². The standard InChI is InChI=1S/C15H18N2O3/c1-9(2)16-14(18)10(3)17-8-7-11-12(15(19)20)5-4-6-13(11)17/h4-10H,1-3H3,(H,16,18)(H,19,20). The van der Waals surface area contributed by atoms with Gasteiger partial charge in [0.25, 0.3) is 0 Å². The van der Waals surface area contributed by atoms with Gasteiger partial charge in [-0.3, -0.25) is 4.79 Å². The molecule has 0 saturated carbocycles. The van der Waals surface area contributed by atoms with Crippen LogP contribution in [0.3, 0.4) is 0 Å². The van der Waals surface area contributed by atoms with Crippen LogP contribution in [0.15, 0.2) is 30.5 Å². The summed E-state index contributed by atoms with van der Waals surface area (Å²) in [6.45, 7) is 5.60. The Morgan fingerprint density at radius 3 is 2.50 bits per heavy atom. The number of nitrogens with one attached hydrogen (secondary N) is 1. The summed E-state index contributed by atoms with van der Waals surface area (Å²) in [5, 5.41) is 12.7. The minimum absolute atomic E-state index is 0.0707.